The Morgan fingerprint density at radius 1 is 1.07 bits per heavy atom. The van der Waals surface area contributed by atoms with Crippen molar-refractivity contribution in [2.24, 2.45) is 0 Å². The summed E-state index contributed by atoms with van der Waals surface area (Å²) in [6, 6.07) is 17.5. The van der Waals surface area contributed by atoms with Crippen molar-refractivity contribution in [3.05, 3.63) is 65.7 Å². The molecule has 0 bridgehead atoms. The van der Waals surface area contributed by atoms with Gasteiger partial charge in [-0.2, -0.15) is 0 Å². The van der Waals surface area contributed by atoms with Crippen LogP contribution in [-0.4, -0.2) is 46.1 Å². The summed E-state index contributed by atoms with van der Waals surface area (Å²) in [5.41, 5.74) is 2.36. The van der Waals surface area contributed by atoms with Gasteiger partial charge in [-0.05, 0) is 48.6 Å². The highest BCUT2D eigenvalue weighted by molar-refractivity contribution is 7.89. The molecule has 0 amide bonds. The average Bonchev–Trinajstić information content (AvgIpc) is 2.74. The lowest BCUT2D eigenvalue weighted by Gasteiger charge is -2.33. The van der Waals surface area contributed by atoms with Crippen molar-refractivity contribution >= 4 is 10.0 Å². The van der Waals surface area contributed by atoms with E-state index in [-0.39, 0.29) is 6.10 Å². The molecule has 0 spiro atoms. The number of benzene rings is 2. The van der Waals surface area contributed by atoms with Crippen molar-refractivity contribution in [3.63, 3.8) is 0 Å². The van der Waals surface area contributed by atoms with Crippen LogP contribution in [0.5, 0.6) is 0 Å². The molecule has 5 nitrogen and oxygen atoms in total. The van der Waals surface area contributed by atoms with E-state index < -0.39 is 10.0 Å². The van der Waals surface area contributed by atoms with Gasteiger partial charge in [-0.1, -0.05) is 56.3 Å². The molecule has 1 saturated heterocycles. The molecule has 2 aromatic rings. The van der Waals surface area contributed by atoms with E-state index in [9.17, 15) is 8.42 Å². The molecule has 1 atom stereocenters. The van der Waals surface area contributed by atoms with Crippen LogP contribution in [0.4, 0.5) is 0 Å². The quantitative estimate of drug-likeness (QED) is 0.629. The highest BCUT2D eigenvalue weighted by Crippen LogP contribution is 2.22. The maximum Gasteiger partial charge on any atom is 0.240 e. The number of ether oxygens (including phenoxy) is 1. The summed E-state index contributed by atoms with van der Waals surface area (Å²) in [5.74, 6) is 0.390. The second kappa shape index (κ2) is 10.3. The van der Waals surface area contributed by atoms with Crippen molar-refractivity contribution < 1.29 is 13.2 Å². The molecule has 1 aliphatic heterocycles. The van der Waals surface area contributed by atoms with Gasteiger partial charge in [0.05, 0.1) is 17.6 Å². The number of rotatable bonds is 9. The zero-order chi connectivity index (χ0) is 20.7. The van der Waals surface area contributed by atoms with E-state index in [1.54, 1.807) is 12.1 Å². The first-order valence-corrected chi connectivity index (χ1v) is 11.9. The van der Waals surface area contributed by atoms with Crippen molar-refractivity contribution in [1.29, 1.82) is 0 Å². The van der Waals surface area contributed by atoms with Gasteiger partial charge in [0.1, 0.15) is 0 Å². The van der Waals surface area contributed by atoms with E-state index in [4.69, 9.17) is 4.74 Å². The van der Waals surface area contributed by atoms with Gasteiger partial charge in [0.2, 0.25) is 10.0 Å². The third kappa shape index (κ3) is 6.37. The van der Waals surface area contributed by atoms with Gasteiger partial charge in [0.15, 0.2) is 0 Å². The van der Waals surface area contributed by atoms with Gasteiger partial charge >= 0.3 is 0 Å². The first-order chi connectivity index (χ1) is 14.0. The molecule has 0 saturated carbocycles. The van der Waals surface area contributed by atoms with Gasteiger partial charge in [0.25, 0.3) is 0 Å². The molecule has 29 heavy (non-hydrogen) atoms. The Hall–Kier alpha value is -1.73. The predicted octanol–water partition coefficient (Wildman–Crippen LogP) is 3.94. The van der Waals surface area contributed by atoms with E-state index in [2.05, 4.69) is 35.6 Å². The van der Waals surface area contributed by atoms with E-state index in [1.807, 2.05) is 30.3 Å². The molecule has 1 fully saturated rings. The Kier molecular flexibility index (Phi) is 7.84. The van der Waals surface area contributed by atoms with Crippen LogP contribution in [-0.2, 0) is 14.8 Å². The summed E-state index contributed by atoms with van der Waals surface area (Å²) < 4.78 is 33.5. The summed E-state index contributed by atoms with van der Waals surface area (Å²) in [6.07, 6.45) is 1.89. The molecule has 0 aliphatic carbocycles. The van der Waals surface area contributed by atoms with Crippen LogP contribution in [0, 0.1) is 0 Å². The topological polar surface area (TPSA) is 58.6 Å². The fourth-order valence-corrected chi connectivity index (χ4v) is 4.63. The summed E-state index contributed by atoms with van der Waals surface area (Å²) in [6.45, 7) is 8.16. The molecule has 1 aliphatic rings. The van der Waals surface area contributed by atoms with Crippen molar-refractivity contribution in [2.75, 3.05) is 32.8 Å². The molecule has 158 valence electrons. The summed E-state index contributed by atoms with van der Waals surface area (Å²) >= 11 is 0. The maximum absolute atomic E-state index is 12.4. The Morgan fingerprint density at radius 2 is 1.79 bits per heavy atom. The number of unbranched alkanes of at least 4 members (excludes halogenated alkanes) is 1. The zero-order valence-electron chi connectivity index (χ0n) is 17.4. The fourth-order valence-electron chi connectivity index (χ4n) is 3.56. The van der Waals surface area contributed by atoms with E-state index in [0.29, 0.717) is 17.4 Å². The number of nitrogens with zero attached hydrogens (tertiary/aromatic N) is 1. The fraction of sp³-hybridized carbons (Fsp3) is 0.478. The van der Waals surface area contributed by atoms with Gasteiger partial charge in [-0.3, -0.25) is 4.90 Å². The van der Waals surface area contributed by atoms with E-state index in [0.717, 1.165) is 44.6 Å². The number of sulfonamides is 1. The summed E-state index contributed by atoms with van der Waals surface area (Å²) in [7, 11) is -3.44. The number of hydrogen-bond donors (Lipinski definition) is 1. The zero-order valence-corrected chi connectivity index (χ0v) is 18.2. The van der Waals surface area contributed by atoms with E-state index in [1.165, 1.54) is 5.56 Å². The SMILES string of the molecule is CC(C)c1ccc(S(=O)(=O)NCCCCN2CCO[C@H](c3ccccc3)C2)cc1. The summed E-state index contributed by atoms with van der Waals surface area (Å²) in [5, 5.41) is 0. The number of nitrogens with one attached hydrogen (secondary N) is 1. The van der Waals surface area contributed by atoms with E-state index >= 15 is 0 Å². The minimum absolute atomic E-state index is 0.122. The number of hydrogen-bond acceptors (Lipinski definition) is 4. The molecular weight excluding hydrogens is 384 g/mol. The van der Waals surface area contributed by atoms with Crippen LogP contribution in [0.3, 0.4) is 0 Å². The molecule has 0 aromatic heterocycles. The molecule has 0 unspecified atom stereocenters. The largest absolute Gasteiger partial charge is 0.371 e. The highest BCUT2D eigenvalue weighted by Gasteiger charge is 2.21. The third-order valence-electron chi connectivity index (χ3n) is 5.37. The highest BCUT2D eigenvalue weighted by atomic mass is 32.2. The minimum Gasteiger partial charge on any atom is -0.371 e. The van der Waals surface area contributed by atoms with Gasteiger partial charge in [-0.25, -0.2) is 13.1 Å². The Balaban J connectivity index is 1.40. The standard InChI is InChI=1S/C23H32N2O3S/c1-19(2)20-10-12-22(13-11-20)29(26,27)24-14-6-7-15-25-16-17-28-23(18-25)21-8-4-3-5-9-21/h3-5,8-13,19,23-24H,6-7,14-18H2,1-2H3/t23-/m0/s1. The lowest BCUT2D eigenvalue weighted by Crippen LogP contribution is -2.39. The van der Waals surface area contributed by atoms with Gasteiger partial charge in [0, 0.05) is 19.6 Å². The molecular formula is C23H32N2O3S. The molecule has 1 heterocycles. The Morgan fingerprint density at radius 3 is 2.48 bits per heavy atom. The van der Waals surface area contributed by atoms with Crippen LogP contribution in [0.25, 0.3) is 0 Å². The smallest absolute Gasteiger partial charge is 0.240 e. The molecule has 1 N–H and O–H groups in total. The minimum atomic E-state index is -3.44. The summed E-state index contributed by atoms with van der Waals surface area (Å²) in [4.78, 5) is 2.74. The van der Waals surface area contributed by atoms with Gasteiger partial charge in [-0.15, -0.1) is 0 Å². The second-order valence-corrected chi connectivity index (χ2v) is 9.67. The molecule has 6 heteroatoms. The van der Waals surface area contributed by atoms with Crippen LogP contribution >= 0.6 is 0 Å². The van der Waals surface area contributed by atoms with Crippen LogP contribution in [0.1, 0.15) is 49.8 Å². The maximum atomic E-state index is 12.4. The molecule has 0 radical (unpaired) electrons. The Bertz CT molecular complexity index is 851. The van der Waals surface area contributed by atoms with Crippen LogP contribution in [0.15, 0.2) is 59.5 Å². The van der Waals surface area contributed by atoms with Crippen LogP contribution in [0.2, 0.25) is 0 Å². The number of morpholine rings is 1. The average molecular weight is 417 g/mol. The monoisotopic (exact) mass is 416 g/mol. The first-order valence-electron chi connectivity index (χ1n) is 10.4. The van der Waals surface area contributed by atoms with Crippen molar-refractivity contribution in [1.82, 2.24) is 9.62 Å². The third-order valence-corrected chi connectivity index (χ3v) is 6.85. The molecule has 3 rings (SSSR count). The molecule has 2 aromatic carbocycles. The Labute approximate surface area is 175 Å². The lowest BCUT2D eigenvalue weighted by molar-refractivity contribution is -0.0303. The first kappa shape index (κ1) is 22.0. The lowest BCUT2D eigenvalue weighted by atomic mass is 10.0. The van der Waals surface area contributed by atoms with Crippen molar-refractivity contribution in [2.45, 2.75) is 43.6 Å². The van der Waals surface area contributed by atoms with Crippen molar-refractivity contribution in [3.8, 4) is 0 Å². The van der Waals surface area contributed by atoms with Gasteiger partial charge < -0.3 is 4.74 Å². The van der Waals surface area contributed by atoms with Crippen LogP contribution < -0.4 is 4.72 Å². The predicted molar refractivity (Wildman–Crippen MR) is 117 cm³/mol. The normalized spacial score (nSPS) is 18.2. The second-order valence-electron chi connectivity index (χ2n) is 7.90.